The number of nitrogens with zero attached hydrogens (tertiary/aromatic N) is 6. The summed E-state index contributed by atoms with van der Waals surface area (Å²) in [5.41, 5.74) is 16.5. The van der Waals surface area contributed by atoms with Gasteiger partial charge in [0.25, 0.3) is 0 Å². The second-order valence-electron chi connectivity index (χ2n) is 14.7. The molecule has 0 aliphatic heterocycles. The van der Waals surface area contributed by atoms with Crippen molar-refractivity contribution in [2.24, 2.45) is 0 Å². The first kappa shape index (κ1) is 35.0. The lowest BCUT2D eigenvalue weighted by molar-refractivity contribution is 1.07. The van der Waals surface area contributed by atoms with Crippen LogP contribution in [0.3, 0.4) is 0 Å². The summed E-state index contributed by atoms with van der Waals surface area (Å²) in [5.74, 6) is 2.55. The van der Waals surface area contributed by atoms with Crippen molar-refractivity contribution in [3.05, 3.63) is 207 Å². The van der Waals surface area contributed by atoms with Gasteiger partial charge in [-0.05, 0) is 57.1 Å². The smallest absolute Gasteiger partial charge is 0.164 e. The van der Waals surface area contributed by atoms with Gasteiger partial charge in [0, 0.05) is 51.3 Å². The Labute approximate surface area is 347 Å². The Hall–Kier alpha value is -8.22. The fourth-order valence-corrected chi connectivity index (χ4v) is 8.05. The van der Waals surface area contributed by atoms with Gasteiger partial charge >= 0.3 is 0 Å². The van der Waals surface area contributed by atoms with Crippen LogP contribution in [-0.2, 0) is 0 Å². The van der Waals surface area contributed by atoms with Gasteiger partial charge in [-0.2, -0.15) is 0 Å². The largest absolute Gasteiger partial charge is 0.248 e. The third-order valence-corrected chi connectivity index (χ3v) is 11.0. The van der Waals surface area contributed by atoms with Crippen molar-refractivity contribution in [3.8, 4) is 113 Å². The third-order valence-electron chi connectivity index (χ3n) is 11.0. The van der Waals surface area contributed by atoms with E-state index < -0.39 is 0 Å². The highest BCUT2D eigenvalue weighted by molar-refractivity contribution is 6.13. The van der Waals surface area contributed by atoms with Crippen molar-refractivity contribution in [3.63, 3.8) is 0 Å². The van der Waals surface area contributed by atoms with E-state index >= 15 is 0 Å². The quantitative estimate of drug-likeness (QED) is 0.153. The Morgan fingerprint density at radius 2 is 0.650 bits per heavy atom. The summed E-state index contributed by atoms with van der Waals surface area (Å²) in [6, 6.07) is 66.5. The molecule has 3 heterocycles. The molecule has 0 fully saturated rings. The van der Waals surface area contributed by atoms with Crippen LogP contribution >= 0.6 is 0 Å². The molecular formula is C54H34N6. The zero-order valence-corrected chi connectivity index (χ0v) is 32.3. The topological polar surface area (TPSA) is 77.3 Å². The molecule has 0 saturated heterocycles. The molecule has 3 aromatic heterocycles. The molecule has 1 aliphatic carbocycles. The van der Waals surface area contributed by atoms with E-state index in [0.29, 0.717) is 23.3 Å². The van der Waals surface area contributed by atoms with Crippen LogP contribution in [0.5, 0.6) is 0 Å². The summed E-state index contributed by atoms with van der Waals surface area (Å²) in [5, 5.41) is 0. The SMILES string of the molecule is c1ccc(-c2cc(-c3ccccc3)nc(-c3cnc(-c4cccc5c4-c4c(-c6cccc(-c7nc(-c8ccccc8)nc(-c8ccccc8)n7)c6)cccc4-5)nc3)c2)cc1. The Morgan fingerprint density at radius 3 is 1.23 bits per heavy atom. The summed E-state index contributed by atoms with van der Waals surface area (Å²) >= 11 is 0. The molecular weight excluding hydrogens is 733 g/mol. The van der Waals surface area contributed by atoms with Crippen LogP contribution in [0.4, 0.5) is 0 Å². The molecule has 0 atom stereocenters. The number of rotatable bonds is 8. The number of hydrogen-bond donors (Lipinski definition) is 0. The summed E-state index contributed by atoms with van der Waals surface area (Å²) in [4.78, 5) is 30.0. The van der Waals surface area contributed by atoms with E-state index in [-0.39, 0.29) is 0 Å². The van der Waals surface area contributed by atoms with E-state index in [1.807, 2.05) is 97.3 Å². The number of fused-ring (bicyclic) bond motifs is 4. The fourth-order valence-electron chi connectivity index (χ4n) is 8.05. The average molecular weight is 767 g/mol. The van der Waals surface area contributed by atoms with E-state index in [4.69, 9.17) is 29.9 Å². The van der Waals surface area contributed by atoms with Crippen LogP contribution in [0.1, 0.15) is 0 Å². The van der Waals surface area contributed by atoms with Gasteiger partial charge in [0.15, 0.2) is 23.3 Å². The van der Waals surface area contributed by atoms with Gasteiger partial charge in [0.1, 0.15) is 0 Å². The Kier molecular flexibility index (Phi) is 8.71. The fraction of sp³-hybridized carbons (Fsp3) is 0. The summed E-state index contributed by atoms with van der Waals surface area (Å²) in [6.45, 7) is 0. The van der Waals surface area contributed by atoms with Crippen LogP contribution in [-0.4, -0.2) is 29.9 Å². The molecule has 0 N–H and O–H groups in total. The lowest BCUT2D eigenvalue weighted by Gasteiger charge is -2.29. The first-order valence-electron chi connectivity index (χ1n) is 19.9. The molecule has 1 aliphatic rings. The lowest BCUT2D eigenvalue weighted by Crippen LogP contribution is -2.05. The van der Waals surface area contributed by atoms with Crippen LogP contribution in [0.25, 0.3) is 113 Å². The molecule has 7 aromatic carbocycles. The monoisotopic (exact) mass is 766 g/mol. The predicted molar refractivity (Wildman–Crippen MR) is 241 cm³/mol. The average Bonchev–Trinajstić information content (AvgIpc) is 3.33. The van der Waals surface area contributed by atoms with Crippen molar-refractivity contribution in [2.45, 2.75) is 0 Å². The molecule has 11 rings (SSSR count). The first-order chi connectivity index (χ1) is 29.7. The maximum Gasteiger partial charge on any atom is 0.164 e. The minimum absolute atomic E-state index is 0.619. The predicted octanol–water partition coefficient (Wildman–Crippen LogP) is 13.0. The number of pyridine rings is 1. The summed E-state index contributed by atoms with van der Waals surface area (Å²) < 4.78 is 0. The molecule has 6 nitrogen and oxygen atoms in total. The van der Waals surface area contributed by atoms with Gasteiger partial charge in [-0.3, -0.25) is 0 Å². The van der Waals surface area contributed by atoms with Gasteiger partial charge in [0.2, 0.25) is 0 Å². The number of benzene rings is 7. The van der Waals surface area contributed by atoms with Gasteiger partial charge < -0.3 is 0 Å². The normalized spacial score (nSPS) is 11.3. The zero-order valence-electron chi connectivity index (χ0n) is 32.3. The van der Waals surface area contributed by atoms with Crippen LogP contribution in [0.2, 0.25) is 0 Å². The van der Waals surface area contributed by atoms with Gasteiger partial charge in [-0.25, -0.2) is 29.9 Å². The Balaban J connectivity index is 0.964. The van der Waals surface area contributed by atoms with Gasteiger partial charge in [0.05, 0.1) is 11.4 Å². The minimum atomic E-state index is 0.619. The highest BCUT2D eigenvalue weighted by atomic mass is 15.0. The Bertz CT molecular complexity index is 3050. The lowest BCUT2D eigenvalue weighted by atomic mass is 9.74. The maximum absolute atomic E-state index is 5.10. The van der Waals surface area contributed by atoms with E-state index in [1.54, 1.807) is 0 Å². The summed E-state index contributed by atoms with van der Waals surface area (Å²) in [7, 11) is 0. The minimum Gasteiger partial charge on any atom is -0.248 e. The van der Waals surface area contributed by atoms with E-state index in [9.17, 15) is 0 Å². The number of aromatic nitrogens is 6. The molecule has 0 unspecified atom stereocenters. The molecule has 6 heteroatoms. The van der Waals surface area contributed by atoms with Crippen LogP contribution in [0.15, 0.2) is 207 Å². The molecule has 0 spiro atoms. The second-order valence-corrected chi connectivity index (χ2v) is 14.7. The first-order valence-corrected chi connectivity index (χ1v) is 19.9. The van der Waals surface area contributed by atoms with Crippen molar-refractivity contribution in [2.75, 3.05) is 0 Å². The molecule has 0 bridgehead atoms. The van der Waals surface area contributed by atoms with Crippen molar-refractivity contribution < 1.29 is 0 Å². The standard InChI is InChI=1S/C54H34N6/c1-5-16-35(17-6-1)41-31-47(36-18-7-2-8-19-36)57-48(32-41)42-33-55-54(56-34-42)46-29-15-28-45-44-27-14-26-43(49(44)50(45)46)39-24-13-25-40(30-39)53-59-51(37-20-9-3-10-21-37)58-52(60-53)38-22-11-4-12-23-38/h1-34H. The van der Waals surface area contributed by atoms with Crippen molar-refractivity contribution in [1.82, 2.24) is 29.9 Å². The molecule has 280 valence electrons. The zero-order chi connectivity index (χ0) is 39.8. The van der Waals surface area contributed by atoms with Gasteiger partial charge in [-0.1, -0.05) is 176 Å². The Morgan fingerprint density at radius 1 is 0.233 bits per heavy atom. The number of hydrogen-bond acceptors (Lipinski definition) is 6. The molecule has 0 radical (unpaired) electrons. The maximum atomic E-state index is 5.10. The third kappa shape index (κ3) is 6.42. The molecule has 10 aromatic rings. The molecule has 0 amide bonds. The highest BCUT2D eigenvalue weighted by Gasteiger charge is 2.29. The second kappa shape index (κ2) is 14.9. The van der Waals surface area contributed by atoms with E-state index in [1.165, 1.54) is 16.7 Å². The molecule has 0 saturated carbocycles. The van der Waals surface area contributed by atoms with E-state index in [2.05, 4.69) is 109 Å². The molecule has 60 heavy (non-hydrogen) atoms. The van der Waals surface area contributed by atoms with Crippen LogP contribution in [0, 0.1) is 0 Å². The van der Waals surface area contributed by atoms with E-state index in [0.717, 1.165) is 72.6 Å². The van der Waals surface area contributed by atoms with Crippen molar-refractivity contribution in [1.29, 1.82) is 0 Å². The van der Waals surface area contributed by atoms with Crippen LogP contribution < -0.4 is 0 Å². The van der Waals surface area contributed by atoms with Gasteiger partial charge in [-0.15, -0.1) is 0 Å². The van der Waals surface area contributed by atoms with Crippen molar-refractivity contribution >= 4 is 0 Å². The summed E-state index contributed by atoms with van der Waals surface area (Å²) in [6.07, 6.45) is 3.79. The highest BCUT2D eigenvalue weighted by Crippen LogP contribution is 2.55.